The van der Waals surface area contributed by atoms with Gasteiger partial charge in [-0.2, -0.15) is 0 Å². The fourth-order valence-electron chi connectivity index (χ4n) is 3.32. The summed E-state index contributed by atoms with van der Waals surface area (Å²) in [5.41, 5.74) is 4.31. The van der Waals surface area contributed by atoms with E-state index >= 15 is 0 Å². The topological polar surface area (TPSA) is 46.2 Å². The molecule has 0 radical (unpaired) electrons. The zero-order valence-corrected chi connectivity index (χ0v) is 16.0. The average Bonchev–Trinajstić information content (AvgIpc) is 2.56. The summed E-state index contributed by atoms with van der Waals surface area (Å²) < 4.78 is 0. The van der Waals surface area contributed by atoms with E-state index in [9.17, 15) is 9.59 Å². The van der Waals surface area contributed by atoms with Gasteiger partial charge in [0.2, 0.25) is 0 Å². The summed E-state index contributed by atoms with van der Waals surface area (Å²) in [6.07, 6.45) is 6.07. The Morgan fingerprint density at radius 3 is 2.40 bits per heavy atom. The lowest BCUT2D eigenvalue weighted by atomic mass is 9.82. The molecule has 0 bridgehead atoms. The van der Waals surface area contributed by atoms with Gasteiger partial charge in [0.05, 0.1) is 0 Å². The van der Waals surface area contributed by atoms with Crippen molar-refractivity contribution >= 4 is 12.1 Å². The van der Waals surface area contributed by atoms with Crippen molar-refractivity contribution in [1.29, 1.82) is 0 Å². The van der Waals surface area contributed by atoms with Crippen molar-refractivity contribution in [3.05, 3.63) is 46.7 Å². The Balaban J connectivity index is 3.11. The summed E-state index contributed by atoms with van der Waals surface area (Å²) in [7, 11) is 1.80. The molecular weight excluding hydrogens is 310 g/mol. The van der Waals surface area contributed by atoms with Crippen LogP contribution in [0.4, 0.5) is 0 Å². The average molecular weight is 339 g/mol. The van der Waals surface area contributed by atoms with Gasteiger partial charge in [0.25, 0.3) is 0 Å². The number of carbonyl (C=O) groups is 2. The number of Topliss-reactive ketones (excluding diaryl/α,β-unsaturated/α-hetero) is 1. The standard InChI is InChI=1S/C22H29NO2/c1-6-8-19-13-16(3)22(17(4)14-19)20(7-2)21(25)15-18(10-12-24)9-11-23-5/h9,11-14,18,20,23H,7,10,15H2,1-5H3/b11-9-. The van der Waals surface area contributed by atoms with Crippen LogP contribution in [0.2, 0.25) is 0 Å². The third-order valence-corrected chi connectivity index (χ3v) is 4.41. The molecule has 0 aliphatic carbocycles. The van der Waals surface area contributed by atoms with Gasteiger partial charge in [-0.3, -0.25) is 4.79 Å². The van der Waals surface area contributed by atoms with E-state index in [-0.39, 0.29) is 17.6 Å². The van der Waals surface area contributed by atoms with E-state index in [1.54, 1.807) is 13.2 Å². The maximum absolute atomic E-state index is 12.9. The Morgan fingerprint density at radius 2 is 1.92 bits per heavy atom. The number of hydrogen-bond donors (Lipinski definition) is 1. The van der Waals surface area contributed by atoms with Crippen LogP contribution in [0, 0.1) is 31.6 Å². The van der Waals surface area contributed by atoms with Gasteiger partial charge >= 0.3 is 0 Å². The van der Waals surface area contributed by atoms with Crippen molar-refractivity contribution in [2.75, 3.05) is 7.05 Å². The van der Waals surface area contributed by atoms with Gasteiger partial charge in [-0.1, -0.05) is 18.9 Å². The first-order chi connectivity index (χ1) is 12.0. The van der Waals surface area contributed by atoms with Crippen molar-refractivity contribution in [2.24, 2.45) is 5.92 Å². The van der Waals surface area contributed by atoms with Crippen molar-refractivity contribution in [3.8, 4) is 11.8 Å². The number of hydrogen-bond acceptors (Lipinski definition) is 3. The summed E-state index contributed by atoms with van der Waals surface area (Å²) in [4.78, 5) is 23.8. The number of carbonyl (C=O) groups excluding carboxylic acids is 2. The molecule has 0 amide bonds. The van der Waals surface area contributed by atoms with Crippen LogP contribution in [0.15, 0.2) is 24.4 Å². The van der Waals surface area contributed by atoms with E-state index < -0.39 is 0 Å². The van der Waals surface area contributed by atoms with E-state index in [1.165, 1.54) is 0 Å². The van der Waals surface area contributed by atoms with E-state index in [0.29, 0.717) is 12.8 Å². The van der Waals surface area contributed by atoms with Gasteiger partial charge in [0, 0.05) is 31.4 Å². The molecule has 0 aliphatic rings. The molecule has 0 heterocycles. The molecule has 0 spiro atoms. The molecule has 1 aromatic carbocycles. The molecule has 1 rings (SSSR count). The third kappa shape index (κ3) is 5.90. The molecule has 2 atom stereocenters. The molecule has 1 N–H and O–H groups in total. The summed E-state index contributed by atoms with van der Waals surface area (Å²) in [5, 5.41) is 2.92. The molecule has 0 fully saturated rings. The van der Waals surface area contributed by atoms with Crippen LogP contribution < -0.4 is 5.32 Å². The van der Waals surface area contributed by atoms with Crippen LogP contribution in [0.5, 0.6) is 0 Å². The second-order valence-electron chi connectivity index (χ2n) is 6.34. The minimum Gasteiger partial charge on any atom is -0.394 e. The highest BCUT2D eigenvalue weighted by molar-refractivity contribution is 5.87. The van der Waals surface area contributed by atoms with E-state index in [2.05, 4.69) is 29.3 Å². The fourth-order valence-corrected chi connectivity index (χ4v) is 3.32. The van der Waals surface area contributed by atoms with Gasteiger partial charge in [0.15, 0.2) is 0 Å². The van der Waals surface area contributed by atoms with Gasteiger partial charge in [-0.25, -0.2) is 0 Å². The Hall–Kier alpha value is -2.34. The second kappa shape index (κ2) is 10.5. The minimum absolute atomic E-state index is 0.0580. The van der Waals surface area contributed by atoms with E-state index in [0.717, 1.165) is 35.0 Å². The lowest BCUT2D eigenvalue weighted by molar-refractivity contribution is -0.121. The highest BCUT2D eigenvalue weighted by Crippen LogP contribution is 2.30. The molecule has 2 unspecified atom stereocenters. The quantitative estimate of drug-likeness (QED) is 0.545. The monoisotopic (exact) mass is 339 g/mol. The maximum atomic E-state index is 12.9. The van der Waals surface area contributed by atoms with Crippen molar-refractivity contribution < 1.29 is 9.59 Å². The van der Waals surface area contributed by atoms with Crippen LogP contribution in [-0.4, -0.2) is 19.1 Å². The number of aryl methyl sites for hydroxylation is 2. The van der Waals surface area contributed by atoms with Crippen molar-refractivity contribution in [2.45, 2.75) is 52.9 Å². The first kappa shape index (κ1) is 20.7. The van der Waals surface area contributed by atoms with Crippen molar-refractivity contribution in [1.82, 2.24) is 5.32 Å². The minimum atomic E-state index is -0.138. The smallest absolute Gasteiger partial charge is 0.140 e. The van der Waals surface area contributed by atoms with Gasteiger partial charge < -0.3 is 10.1 Å². The molecule has 0 saturated heterocycles. The predicted octanol–water partition coefficient (Wildman–Crippen LogP) is 4.07. The molecule has 0 aliphatic heterocycles. The van der Waals surface area contributed by atoms with Crippen LogP contribution in [0.3, 0.4) is 0 Å². The second-order valence-corrected chi connectivity index (χ2v) is 6.34. The number of rotatable bonds is 9. The Kier molecular flexibility index (Phi) is 8.70. The lowest BCUT2D eigenvalue weighted by Gasteiger charge is -2.21. The first-order valence-corrected chi connectivity index (χ1v) is 8.82. The van der Waals surface area contributed by atoms with Gasteiger partial charge in [-0.15, -0.1) is 5.92 Å². The van der Waals surface area contributed by atoms with Gasteiger partial charge in [0.1, 0.15) is 12.1 Å². The molecule has 25 heavy (non-hydrogen) atoms. The van der Waals surface area contributed by atoms with E-state index in [1.807, 2.05) is 33.8 Å². The first-order valence-electron chi connectivity index (χ1n) is 8.82. The Morgan fingerprint density at radius 1 is 1.28 bits per heavy atom. The largest absolute Gasteiger partial charge is 0.394 e. The van der Waals surface area contributed by atoms with Crippen molar-refractivity contribution in [3.63, 3.8) is 0 Å². The fraction of sp³-hybridized carbons (Fsp3) is 0.455. The predicted molar refractivity (Wildman–Crippen MR) is 103 cm³/mol. The number of allylic oxidation sites excluding steroid dienone is 1. The van der Waals surface area contributed by atoms with Crippen LogP contribution in [0.1, 0.15) is 61.3 Å². The molecule has 134 valence electrons. The molecule has 3 nitrogen and oxygen atoms in total. The van der Waals surface area contributed by atoms with Crippen LogP contribution in [0.25, 0.3) is 0 Å². The molecule has 3 heteroatoms. The molecular formula is C22H29NO2. The number of benzene rings is 1. The summed E-state index contributed by atoms with van der Waals surface area (Å²) in [6.45, 7) is 7.95. The summed E-state index contributed by atoms with van der Waals surface area (Å²) in [5.74, 6) is 6.00. The molecule has 0 saturated carbocycles. The Labute approximate surface area is 151 Å². The highest BCUT2D eigenvalue weighted by Gasteiger charge is 2.24. The molecule has 1 aromatic rings. The highest BCUT2D eigenvalue weighted by atomic mass is 16.1. The SMILES string of the molecule is CC#Cc1cc(C)c(C(CC)C(=O)CC(/C=C\NC)CC=O)c(C)c1. The summed E-state index contributed by atoms with van der Waals surface area (Å²) >= 11 is 0. The third-order valence-electron chi connectivity index (χ3n) is 4.41. The maximum Gasteiger partial charge on any atom is 0.140 e. The summed E-state index contributed by atoms with van der Waals surface area (Å²) in [6, 6.07) is 4.11. The van der Waals surface area contributed by atoms with Gasteiger partial charge in [-0.05, 0) is 68.1 Å². The lowest BCUT2D eigenvalue weighted by Crippen LogP contribution is -2.18. The zero-order chi connectivity index (χ0) is 18.8. The zero-order valence-electron chi connectivity index (χ0n) is 16.0. The molecule has 0 aromatic heterocycles. The number of nitrogens with one attached hydrogen (secondary N) is 1. The normalized spacial score (nSPS) is 13.0. The van der Waals surface area contributed by atoms with Crippen LogP contribution in [-0.2, 0) is 9.59 Å². The number of ketones is 1. The van der Waals surface area contributed by atoms with Crippen LogP contribution >= 0.6 is 0 Å². The van der Waals surface area contributed by atoms with E-state index in [4.69, 9.17) is 0 Å². The number of aldehydes is 1. The Bertz CT molecular complexity index is 669.